The normalized spacial score (nSPS) is 12.4. The van der Waals surface area contributed by atoms with Gasteiger partial charge in [0.25, 0.3) is 5.56 Å². The highest BCUT2D eigenvalue weighted by Crippen LogP contribution is 2.24. The number of hydrogen-bond donors (Lipinski definition) is 2. The quantitative estimate of drug-likeness (QED) is 0.478. The number of fused-ring (bicyclic) bond motifs is 1. The summed E-state index contributed by atoms with van der Waals surface area (Å²) in [6.07, 6.45) is 1.62. The van der Waals surface area contributed by atoms with Crippen molar-refractivity contribution in [3.8, 4) is 5.82 Å². The Hall–Kier alpha value is -3.20. The number of hydrogen-bond acceptors (Lipinski definition) is 6. The molecular weight excluding hydrogens is 414 g/mol. The molecule has 2 aromatic heterocycles. The lowest BCUT2D eigenvalue weighted by atomic mass is 10.1. The Morgan fingerprint density at radius 3 is 2.55 bits per heavy atom. The van der Waals surface area contributed by atoms with Crippen molar-refractivity contribution in [3.05, 3.63) is 58.5 Å². The number of benzene rings is 1. The van der Waals surface area contributed by atoms with E-state index < -0.39 is 22.7 Å². The van der Waals surface area contributed by atoms with Gasteiger partial charge < -0.3 is 5.32 Å². The second kappa shape index (κ2) is 8.89. The van der Waals surface area contributed by atoms with Crippen molar-refractivity contribution < 1.29 is 9.59 Å². The average molecular weight is 440 g/mol. The smallest absolute Gasteiger partial charge is 0.321 e. The Labute approximate surface area is 184 Å². The van der Waals surface area contributed by atoms with Crippen molar-refractivity contribution in [3.63, 3.8) is 0 Å². The van der Waals surface area contributed by atoms with E-state index in [0.29, 0.717) is 21.9 Å². The molecule has 3 rings (SSSR count). The molecule has 0 bridgehead atoms. The minimum Gasteiger partial charge on any atom is -0.333 e. The van der Waals surface area contributed by atoms with Gasteiger partial charge in [-0.25, -0.2) is 19.3 Å². The zero-order valence-corrected chi connectivity index (χ0v) is 18.9. The summed E-state index contributed by atoms with van der Waals surface area (Å²) in [4.78, 5) is 46.8. The minimum absolute atomic E-state index is 0.274. The van der Waals surface area contributed by atoms with Crippen LogP contribution in [0.4, 0.5) is 4.79 Å². The maximum atomic E-state index is 13.3. The number of imide groups is 1. The van der Waals surface area contributed by atoms with Gasteiger partial charge in [-0.3, -0.25) is 14.9 Å². The number of para-hydroxylation sites is 1. The van der Waals surface area contributed by atoms with Crippen molar-refractivity contribution in [2.75, 3.05) is 0 Å². The van der Waals surface area contributed by atoms with Crippen LogP contribution in [0.5, 0.6) is 0 Å². The molecule has 0 saturated carbocycles. The van der Waals surface area contributed by atoms with E-state index in [1.807, 2.05) is 33.8 Å². The molecule has 0 aliphatic carbocycles. The van der Waals surface area contributed by atoms with Crippen LogP contribution in [-0.2, 0) is 4.79 Å². The number of nitrogens with one attached hydrogen (secondary N) is 2. The SMILES string of the molecule is Cc1ccnc(-n2c(SC(C)C(=O)NC(=O)NC(C)(C)C)nc3ccccc3c2=O)c1. The lowest BCUT2D eigenvalue weighted by Gasteiger charge is -2.21. The van der Waals surface area contributed by atoms with Crippen molar-refractivity contribution in [1.82, 2.24) is 25.2 Å². The number of carbonyl (C=O) groups excluding carboxylic acids is 2. The molecule has 3 aromatic rings. The highest BCUT2D eigenvalue weighted by Gasteiger charge is 2.23. The van der Waals surface area contributed by atoms with Crippen LogP contribution in [0.1, 0.15) is 33.3 Å². The maximum Gasteiger partial charge on any atom is 0.321 e. The first-order chi connectivity index (χ1) is 14.5. The first-order valence-corrected chi connectivity index (χ1v) is 10.7. The van der Waals surface area contributed by atoms with Crippen LogP contribution >= 0.6 is 11.8 Å². The Kier molecular flexibility index (Phi) is 6.45. The number of urea groups is 1. The fourth-order valence-corrected chi connectivity index (χ4v) is 3.75. The lowest BCUT2D eigenvalue weighted by molar-refractivity contribution is -0.119. The Morgan fingerprint density at radius 2 is 1.87 bits per heavy atom. The van der Waals surface area contributed by atoms with Crippen molar-refractivity contribution in [1.29, 1.82) is 0 Å². The average Bonchev–Trinajstić information content (AvgIpc) is 2.66. The number of thioether (sulfide) groups is 1. The zero-order valence-electron chi connectivity index (χ0n) is 18.1. The third kappa shape index (κ3) is 5.49. The molecule has 0 radical (unpaired) electrons. The molecule has 3 amide bonds. The van der Waals surface area contributed by atoms with Crippen LogP contribution in [0.25, 0.3) is 16.7 Å². The fraction of sp³-hybridized carbons (Fsp3) is 0.318. The Morgan fingerprint density at radius 1 is 1.16 bits per heavy atom. The summed E-state index contributed by atoms with van der Waals surface area (Å²) < 4.78 is 1.40. The van der Waals surface area contributed by atoms with Gasteiger partial charge in [0.15, 0.2) is 5.16 Å². The molecule has 0 aliphatic heterocycles. The number of pyridine rings is 1. The van der Waals surface area contributed by atoms with Crippen molar-refractivity contribution in [2.24, 2.45) is 0 Å². The van der Waals surface area contributed by atoms with E-state index in [2.05, 4.69) is 20.6 Å². The minimum atomic E-state index is -0.685. The number of rotatable bonds is 4. The molecule has 2 N–H and O–H groups in total. The standard InChI is InChI=1S/C22H25N5O3S/c1-13-10-11-23-17(12-13)27-19(29)15-8-6-7-9-16(15)24-21(27)31-14(2)18(28)25-20(30)26-22(3,4)5/h6-12,14H,1-5H3,(H2,25,26,28,30). The summed E-state index contributed by atoms with van der Waals surface area (Å²) in [5.41, 5.74) is 0.713. The van der Waals surface area contributed by atoms with Gasteiger partial charge in [0.2, 0.25) is 5.91 Å². The first-order valence-electron chi connectivity index (χ1n) is 9.79. The van der Waals surface area contributed by atoms with Gasteiger partial charge in [-0.1, -0.05) is 23.9 Å². The van der Waals surface area contributed by atoms with Crippen LogP contribution in [-0.4, -0.2) is 37.3 Å². The van der Waals surface area contributed by atoms with Gasteiger partial charge in [0.1, 0.15) is 5.82 Å². The second-order valence-corrected chi connectivity index (χ2v) is 9.50. The van der Waals surface area contributed by atoms with Crippen LogP contribution in [0.15, 0.2) is 52.5 Å². The van der Waals surface area contributed by atoms with Crippen LogP contribution in [0, 0.1) is 6.92 Å². The molecule has 1 unspecified atom stereocenters. The number of aromatic nitrogens is 3. The van der Waals surface area contributed by atoms with E-state index >= 15 is 0 Å². The molecule has 0 spiro atoms. The topological polar surface area (TPSA) is 106 Å². The maximum absolute atomic E-state index is 13.3. The van der Waals surface area contributed by atoms with Gasteiger partial charge in [-0.15, -0.1) is 0 Å². The Bertz CT molecular complexity index is 1200. The molecule has 1 atom stereocenters. The van der Waals surface area contributed by atoms with E-state index in [0.717, 1.165) is 17.3 Å². The van der Waals surface area contributed by atoms with E-state index in [9.17, 15) is 14.4 Å². The van der Waals surface area contributed by atoms with Gasteiger partial charge >= 0.3 is 6.03 Å². The largest absolute Gasteiger partial charge is 0.333 e. The molecule has 162 valence electrons. The van der Waals surface area contributed by atoms with Crippen LogP contribution in [0.2, 0.25) is 0 Å². The van der Waals surface area contributed by atoms with Crippen molar-refractivity contribution in [2.45, 2.75) is 50.6 Å². The van der Waals surface area contributed by atoms with Crippen molar-refractivity contribution >= 4 is 34.6 Å². The molecule has 0 fully saturated rings. The van der Waals surface area contributed by atoms with Crippen LogP contribution < -0.4 is 16.2 Å². The molecule has 8 nitrogen and oxygen atoms in total. The summed E-state index contributed by atoms with van der Waals surface area (Å²) in [5.74, 6) is -0.0678. The van der Waals surface area contributed by atoms with Crippen LogP contribution in [0.3, 0.4) is 0 Å². The van der Waals surface area contributed by atoms with Gasteiger partial charge in [-0.2, -0.15) is 0 Å². The number of aryl methyl sites for hydroxylation is 1. The van der Waals surface area contributed by atoms with E-state index in [1.165, 1.54) is 4.57 Å². The molecule has 31 heavy (non-hydrogen) atoms. The monoisotopic (exact) mass is 439 g/mol. The number of amides is 3. The highest BCUT2D eigenvalue weighted by atomic mass is 32.2. The lowest BCUT2D eigenvalue weighted by Crippen LogP contribution is -2.49. The summed E-state index contributed by atoms with van der Waals surface area (Å²) in [6, 6.07) is 10.1. The van der Waals surface area contributed by atoms with Gasteiger partial charge in [-0.05, 0) is 64.4 Å². The van der Waals surface area contributed by atoms with E-state index in [1.54, 1.807) is 43.5 Å². The molecule has 0 saturated heterocycles. The molecule has 9 heteroatoms. The highest BCUT2D eigenvalue weighted by molar-refractivity contribution is 8.00. The first kappa shape index (κ1) is 22.5. The molecule has 0 aliphatic rings. The summed E-state index contributed by atoms with van der Waals surface area (Å²) in [6.45, 7) is 9.02. The summed E-state index contributed by atoms with van der Waals surface area (Å²) in [7, 11) is 0. The summed E-state index contributed by atoms with van der Waals surface area (Å²) in [5, 5.41) is 5.11. The molecule has 1 aromatic carbocycles. The number of nitrogens with zero attached hydrogens (tertiary/aromatic N) is 3. The zero-order chi connectivity index (χ0) is 22.8. The predicted molar refractivity (Wildman–Crippen MR) is 122 cm³/mol. The van der Waals surface area contributed by atoms with E-state index in [4.69, 9.17) is 0 Å². The molecule has 2 heterocycles. The third-order valence-corrected chi connectivity index (χ3v) is 5.30. The van der Waals surface area contributed by atoms with Gasteiger partial charge in [0, 0.05) is 11.7 Å². The predicted octanol–water partition coefficient (Wildman–Crippen LogP) is 3.19. The fourth-order valence-electron chi connectivity index (χ4n) is 2.83. The van der Waals surface area contributed by atoms with E-state index in [-0.39, 0.29) is 5.56 Å². The number of carbonyl (C=O) groups is 2. The van der Waals surface area contributed by atoms with Gasteiger partial charge in [0.05, 0.1) is 16.2 Å². The summed E-state index contributed by atoms with van der Waals surface area (Å²) >= 11 is 1.09. The third-order valence-electron chi connectivity index (χ3n) is 4.25. The molecular formula is C22H25N5O3S. The second-order valence-electron chi connectivity index (χ2n) is 8.20. The Balaban J connectivity index is 1.97.